The molecule has 1 heterocycles. The number of hydrogen-bond acceptors (Lipinski definition) is 5. The minimum atomic E-state index is -3.31. The number of aromatic nitrogens is 1. The van der Waals surface area contributed by atoms with E-state index in [0.29, 0.717) is 22.0 Å². The molecule has 0 amide bonds. The van der Waals surface area contributed by atoms with Crippen LogP contribution in [0.15, 0.2) is 21.3 Å². The van der Waals surface area contributed by atoms with E-state index in [1.165, 1.54) is 4.57 Å². The summed E-state index contributed by atoms with van der Waals surface area (Å²) in [7, 11) is -1.67. The number of benzene rings is 1. The molecule has 0 spiro atoms. The van der Waals surface area contributed by atoms with Crippen LogP contribution in [0.2, 0.25) is 5.02 Å². The van der Waals surface area contributed by atoms with Crippen LogP contribution in [0, 0.1) is 5.92 Å². The second-order valence-electron chi connectivity index (χ2n) is 8.57. The van der Waals surface area contributed by atoms with Crippen LogP contribution in [0.1, 0.15) is 46.5 Å². The lowest BCUT2D eigenvalue weighted by molar-refractivity contribution is 0.322. The molecule has 1 aliphatic rings. The summed E-state index contributed by atoms with van der Waals surface area (Å²) in [5.41, 5.74) is 1.89. The highest BCUT2D eigenvalue weighted by Crippen LogP contribution is 2.29. The molecule has 1 fully saturated rings. The van der Waals surface area contributed by atoms with E-state index >= 15 is 0 Å². The molecule has 7 nitrogen and oxygen atoms in total. The zero-order valence-electron chi connectivity index (χ0n) is 16.7. The maximum absolute atomic E-state index is 12.3. The molecule has 0 unspecified atom stereocenters. The Kier molecular flexibility index (Phi) is 5.85. The highest BCUT2D eigenvalue weighted by Gasteiger charge is 2.32. The number of fused-ring (bicyclic) bond motifs is 1. The summed E-state index contributed by atoms with van der Waals surface area (Å²) in [6, 6.07) is 3.62. The minimum absolute atomic E-state index is 0.00623. The topological polar surface area (TPSA) is 93.3 Å². The Morgan fingerprint density at radius 1 is 1.21 bits per heavy atom. The fourth-order valence-corrected chi connectivity index (χ4v) is 4.71. The molecule has 1 aromatic carbocycles. The number of oxazole rings is 1. The molecule has 28 heavy (non-hydrogen) atoms. The van der Waals surface area contributed by atoms with Crippen LogP contribution in [-0.4, -0.2) is 30.3 Å². The molecule has 3 rings (SSSR count). The second-order valence-corrected chi connectivity index (χ2v) is 11.4. The van der Waals surface area contributed by atoms with E-state index in [1.54, 1.807) is 33.9 Å². The van der Waals surface area contributed by atoms with Crippen molar-refractivity contribution in [1.82, 2.24) is 9.29 Å². The Morgan fingerprint density at radius 2 is 1.86 bits per heavy atom. The Hall–Kier alpha value is -1.51. The average Bonchev–Trinajstić information content (AvgIpc) is 2.89. The summed E-state index contributed by atoms with van der Waals surface area (Å²) in [6.45, 7) is 5.90. The summed E-state index contributed by atoms with van der Waals surface area (Å²) >= 11 is 6.24. The smallest absolute Gasteiger partial charge is 0.406 e. The summed E-state index contributed by atoms with van der Waals surface area (Å²) in [5, 5.41) is 3.79. The van der Waals surface area contributed by atoms with Crippen molar-refractivity contribution in [3.8, 4) is 0 Å². The summed E-state index contributed by atoms with van der Waals surface area (Å²) in [5.74, 6) is 0.0168. The number of anilines is 1. The predicted molar refractivity (Wildman–Crippen MR) is 113 cm³/mol. The summed E-state index contributed by atoms with van der Waals surface area (Å²) in [4.78, 5) is 11.7. The van der Waals surface area contributed by atoms with E-state index in [0.717, 1.165) is 37.9 Å². The molecule has 0 radical (unpaired) electrons. The zero-order valence-corrected chi connectivity index (χ0v) is 18.3. The first-order valence-electron chi connectivity index (χ1n) is 9.53. The Bertz CT molecular complexity index is 1010. The van der Waals surface area contributed by atoms with Crippen LogP contribution < -0.4 is 15.8 Å². The lowest BCUT2D eigenvalue weighted by atomic mass is 9.86. The monoisotopic (exact) mass is 429 g/mol. The molecule has 1 saturated carbocycles. The van der Waals surface area contributed by atoms with E-state index in [1.807, 2.05) is 6.07 Å². The van der Waals surface area contributed by atoms with Gasteiger partial charge in [-0.05, 0) is 64.5 Å². The fraction of sp³-hybridized carbons (Fsp3) is 0.632. The van der Waals surface area contributed by atoms with E-state index in [2.05, 4.69) is 10.0 Å². The van der Waals surface area contributed by atoms with E-state index in [-0.39, 0.29) is 6.04 Å². The van der Waals surface area contributed by atoms with Gasteiger partial charge in [-0.1, -0.05) is 11.6 Å². The quantitative estimate of drug-likeness (QED) is 0.758. The van der Waals surface area contributed by atoms with Crippen LogP contribution in [0.3, 0.4) is 0 Å². The second kappa shape index (κ2) is 7.72. The molecule has 9 heteroatoms. The number of rotatable bonds is 5. The molecule has 2 aromatic rings. The zero-order chi connectivity index (χ0) is 20.7. The van der Waals surface area contributed by atoms with Gasteiger partial charge in [-0.25, -0.2) is 17.9 Å². The van der Waals surface area contributed by atoms with Crippen LogP contribution in [-0.2, 0) is 17.1 Å². The molecule has 0 aliphatic heterocycles. The van der Waals surface area contributed by atoms with E-state index < -0.39 is 20.5 Å². The van der Waals surface area contributed by atoms with Crippen molar-refractivity contribution in [3.05, 3.63) is 27.7 Å². The van der Waals surface area contributed by atoms with E-state index in [9.17, 15) is 13.2 Å². The van der Waals surface area contributed by atoms with Crippen LogP contribution >= 0.6 is 11.6 Å². The molecule has 156 valence electrons. The van der Waals surface area contributed by atoms with Crippen molar-refractivity contribution in [2.24, 2.45) is 13.0 Å². The van der Waals surface area contributed by atoms with Crippen LogP contribution in [0.5, 0.6) is 0 Å². The van der Waals surface area contributed by atoms with Gasteiger partial charge < -0.3 is 9.73 Å². The van der Waals surface area contributed by atoms with Gasteiger partial charge >= 0.3 is 5.76 Å². The minimum Gasteiger partial charge on any atom is -0.406 e. The normalized spacial score (nSPS) is 21.2. The van der Waals surface area contributed by atoms with Crippen molar-refractivity contribution in [2.75, 3.05) is 11.9 Å². The van der Waals surface area contributed by atoms with Crippen LogP contribution in [0.25, 0.3) is 11.1 Å². The van der Waals surface area contributed by atoms with Gasteiger partial charge in [0.1, 0.15) is 0 Å². The molecule has 0 saturated heterocycles. The highest BCUT2D eigenvalue weighted by atomic mass is 35.5. The number of sulfonamides is 1. The third-order valence-corrected chi connectivity index (χ3v) is 7.95. The summed E-state index contributed by atoms with van der Waals surface area (Å²) in [6.07, 6.45) is 3.56. The largest absolute Gasteiger partial charge is 0.419 e. The number of nitrogens with one attached hydrogen (secondary N) is 2. The first kappa shape index (κ1) is 21.2. The maximum Gasteiger partial charge on any atom is 0.419 e. The predicted octanol–water partition coefficient (Wildman–Crippen LogP) is 3.47. The lowest BCUT2D eigenvalue weighted by Gasteiger charge is -2.31. The lowest BCUT2D eigenvalue weighted by Crippen LogP contribution is -2.46. The number of hydrogen-bond donors (Lipinski definition) is 2. The third kappa shape index (κ3) is 4.39. The molecule has 0 bridgehead atoms. The molecule has 0 atom stereocenters. The van der Waals surface area contributed by atoms with Gasteiger partial charge in [-0.2, -0.15) is 0 Å². The van der Waals surface area contributed by atoms with Crippen molar-refractivity contribution < 1.29 is 12.8 Å². The van der Waals surface area contributed by atoms with Gasteiger partial charge in [0, 0.05) is 25.3 Å². The van der Waals surface area contributed by atoms with Gasteiger partial charge in [0.05, 0.1) is 15.3 Å². The Morgan fingerprint density at radius 3 is 2.46 bits per heavy atom. The SMILES string of the molecule is Cn1c(=O)oc2c(Cl)cc(NCC3CCC(NS(=O)(=O)C(C)(C)C)CC3)cc21. The summed E-state index contributed by atoms with van der Waals surface area (Å²) < 4.78 is 33.3. The van der Waals surface area contributed by atoms with Gasteiger partial charge in [-0.3, -0.25) is 4.57 Å². The van der Waals surface area contributed by atoms with Gasteiger partial charge in [0.25, 0.3) is 0 Å². The number of halogens is 1. The van der Waals surface area contributed by atoms with Crippen molar-refractivity contribution >= 4 is 38.4 Å². The van der Waals surface area contributed by atoms with Crippen LogP contribution in [0.4, 0.5) is 5.69 Å². The van der Waals surface area contributed by atoms with Crippen molar-refractivity contribution in [3.63, 3.8) is 0 Å². The highest BCUT2D eigenvalue weighted by molar-refractivity contribution is 7.90. The maximum atomic E-state index is 12.3. The molecule has 1 aliphatic carbocycles. The Labute approximate surface area is 170 Å². The molecule has 2 N–H and O–H groups in total. The van der Waals surface area contributed by atoms with Gasteiger partial charge in [0.2, 0.25) is 10.0 Å². The van der Waals surface area contributed by atoms with Gasteiger partial charge in [-0.15, -0.1) is 0 Å². The van der Waals surface area contributed by atoms with Crippen molar-refractivity contribution in [1.29, 1.82) is 0 Å². The van der Waals surface area contributed by atoms with Gasteiger partial charge in [0.15, 0.2) is 5.58 Å². The number of aryl methyl sites for hydroxylation is 1. The third-order valence-electron chi connectivity index (χ3n) is 5.42. The standard InChI is InChI=1S/C19H28ClN3O4S/c1-19(2,3)28(25,26)22-13-7-5-12(6-8-13)11-21-14-9-15(20)17-16(10-14)23(4)18(24)27-17/h9-10,12-13,21-22H,5-8,11H2,1-4H3. The number of nitrogens with zero attached hydrogens (tertiary/aromatic N) is 1. The molecular weight excluding hydrogens is 402 g/mol. The van der Waals surface area contributed by atoms with E-state index in [4.69, 9.17) is 16.0 Å². The fourth-order valence-electron chi connectivity index (χ4n) is 3.43. The first-order valence-corrected chi connectivity index (χ1v) is 11.4. The molecule has 1 aromatic heterocycles. The van der Waals surface area contributed by atoms with Crippen molar-refractivity contribution in [2.45, 2.75) is 57.2 Å². The molecular formula is C19H28ClN3O4S. The average molecular weight is 430 g/mol. The first-order chi connectivity index (χ1) is 13.0. The Balaban J connectivity index is 1.57.